The summed E-state index contributed by atoms with van der Waals surface area (Å²) >= 11 is 0. The van der Waals surface area contributed by atoms with E-state index < -0.39 is 0 Å². The molecule has 0 bridgehead atoms. The van der Waals surface area contributed by atoms with Crippen LogP contribution in [0.5, 0.6) is 0 Å². The van der Waals surface area contributed by atoms with Gasteiger partial charge in [-0.2, -0.15) is 0 Å². The van der Waals surface area contributed by atoms with Gasteiger partial charge in [0.05, 0.1) is 0 Å². The van der Waals surface area contributed by atoms with Gasteiger partial charge in [0.15, 0.2) is 5.96 Å². The lowest BCUT2D eigenvalue weighted by molar-refractivity contribution is 0.246. The molecule has 1 aliphatic rings. The van der Waals surface area contributed by atoms with E-state index in [1.807, 2.05) is 13.1 Å². The molecule has 5 heteroatoms. The average Bonchev–Trinajstić information content (AvgIpc) is 3.23. The topological polar surface area (TPSA) is 30.9 Å². The van der Waals surface area contributed by atoms with Crippen molar-refractivity contribution in [1.82, 2.24) is 15.1 Å². The molecular weight excluding hydrogens is 363 g/mol. The van der Waals surface area contributed by atoms with Crippen molar-refractivity contribution in [3.63, 3.8) is 0 Å². The van der Waals surface area contributed by atoms with Gasteiger partial charge in [-0.3, -0.25) is 9.89 Å². The van der Waals surface area contributed by atoms with Gasteiger partial charge in [0.2, 0.25) is 0 Å². The Hall–Kier alpha value is -0.300. The van der Waals surface area contributed by atoms with E-state index in [1.165, 1.54) is 12.8 Å². The first-order valence-corrected chi connectivity index (χ1v) is 7.34. The van der Waals surface area contributed by atoms with Crippen LogP contribution in [0.1, 0.15) is 32.6 Å². The molecule has 1 fully saturated rings. The number of nitrogens with one attached hydrogen (secondary N) is 1. The highest BCUT2D eigenvalue weighted by molar-refractivity contribution is 14.0. The van der Waals surface area contributed by atoms with Gasteiger partial charge in [-0.1, -0.05) is 6.08 Å². The normalized spacial score (nSPS) is 16.6. The third-order valence-corrected chi connectivity index (χ3v) is 3.85. The molecule has 0 aromatic heterocycles. The lowest BCUT2D eigenvalue weighted by Gasteiger charge is -2.28. The number of allylic oxidation sites excluding steroid dienone is 1. The van der Waals surface area contributed by atoms with E-state index in [4.69, 9.17) is 0 Å². The Morgan fingerprint density at radius 1 is 1.45 bits per heavy atom. The van der Waals surface area contributed by atoms with Crippen molar-refractivity contribution in [2.75, 3.05) is 34.2 Å². The Labute approximate surface area is 141 Å². The van der Waals surface area contributed by atoms with Crippen molar-refractivity contribution in [2.24, 2.45) is 4.99 Å². The summed E-state index contributed by atoms with van der Waals surface area (Å²) in [5, 5.41) is 3.47. The van der Waals surface area contributed by atoms with E-state index in [9.17, 15) is 0 Å². The van der Waals surface area contributed by atoms with Crippen LogP contribution in [0, 0.1) is 0 Å². The summed E-state index contributed by atoms with van der Waals surface area (Å²) in [6, 6.07) is 1.36. The van der Waals surface area contributed by atoms with Crippen LogP contribution in [0.15, 0.2) is 17.6 Å². The van der Waals surface area contributed by atoms with Gasteiger partial charge in [-0.05, 0) is 39.7 Å². The molecule has 0 saturated heterocycles. The van der Waals surface area contributed by atoms with Crippen LogP contribution in [0.25, 0.3) is 0 Å². The molecule has 0 aromatic rings. The first kappa shape index (κ1) is 19.7. The zero-order valence-corrected chi connectivity index (χ0v) is 15.8. The molecule has 20 heavy (non-hydrogen) atoms. The quantitative estimate of drug-likeness (QED) is 0.226. The summed E-state index contributed by atoms with van der Waals surface area (Å²) in [7, 11) is 6.16. The van der Waals surface area contributed by atoms with Gasteiger partial charge >= 0.3 is 0 Å². The monoisotopic (exact) mass is 394 g/mol. The summed E-state index contributed by atoms with van der Waals surface area (Å²) in [6.07, 6.45) is 6.87. The zero-order valence-electron chi connectivity index (χ0n) is 13.4. The van der Waals surface area contributed by atoms with E-state index in [0.717, 1.165) is 37.9 Å². The molecule has 1 saturated carbocycles. The highest BCUT2D eigenvalue weighted by Gasteiger charge is 2.29. The number of halogens is 1. The smallest absolute Gasteiger partial charge is 0.193 e. The fourth-order valence-corrected chi connectivity index (χ4v) is 2.19. The second-order valence-electron chi connectivity index (χ2n) is 5.53. The fourth-order valence-electron chi connectivity index (χ4n) is 2.19. The predicted molar refractivity (Wildman–Crippen MR) is 99.1 cm³/mol. The van der Waals surface area contributed by atoms with E-state index in [1.54, 1.807) is 0 Å². The Morgan fingerprint density at radius 2 is 2.10 bits per heavy atom. The van der Waals surface area contributed by atoms with E-state index in [2.05, 4.69) is 47.7 Å². The largest absolute Gasteiger partial charge is 0.355 e. The number of hydrogen-bond donors (Lipinski definition) is 1. The van der Waals surface area contributed by atoms with Gasteiger partial charge in [0.25, 0.3) is 0 Å². The van der Waals surface area contributed by atoms with Crippen LogP contribution in [0.4, 0.5) is 0 Å². The van der Waals surface area contributed by atoms with Crippen LogP contribution >= 0.6 is 24.0 Å². The van der Waals surface area contributed by atoms with Crippen molar-refractivity contribution in [3.8, 4) is 0 Å². The van der Waals surface area contributed by atoms with Crippen LogP contribution in [0.3, 0.4) is 0 Å². The lowest BCUT2D eigenvalue weighted by Crippen LogP contribution is -2.46. The maximum atomic E-state index is 4.35. The van der Waals surface area contributed by atoms with Crippen LogP contribution < -0.4 is 5.32 Å². The number of rotatable bonds is 8. The molecule has 0 spiro atoms. The highest BCUT2D eigenvalue weighted by atomic mass is 127. The molecule has 1 aliphatic carbocycles. The Morgan fingerprint density at radius 3 is 2.60 bits per heavy atom. The van der Waals surface area contributed by atoms with Gasteiger partial charge in [0, 0.05) is 39.3 Å². The van der Waals surface area contributed by atoms with Crippen molar-refractivity contribution in [2.45, 2.75) is 44.7 Å². The minimum atomic E-state index is 0. The van der Waals surface area contributed by atoms with E-state index in [-0.39, 0.29) is 24.0 Å². The maximum absolute atomic E-state index is 4.35. The Kier molecular flexibility index (Phi) is 10.3. The molecule has 118 valence electrons. The molecule has 1 N–H and O–H groups in total. The molecule has 1 atom stereocenters. The molecule has 0 amide bonds. The molecule has 1 unspecified atom stereocenters. The zero-order chi connectivity index (χ0) is 14.3. The van der Waals surface area contributed by atoms with Crippen molar-refractivity contribution >= 4 is 29.9 Å². The molecule has 0 heterocycles. The van der Waals surface area contributed by atoms with Crippen molar-refractivity contribution in [3.05, 3.63) is 12.7 Å². The van der Waals surface area contributed by atoms with Gasteiger partial charge < -0.3 is 10.2 Å². The minimum Gasteiger partial charge on any atom is -0.355 e. The van der Waals surface area contributed by atoms with Crippen molar-refractivity contribution in [1.29, 1.82) is 0 Å². The maximum Gasteiger partial charge on any atom is 0.193 e. The molecule has 0 radical (unpaired) electrons. The molecule has 1 rings (SSSR count). The number of aliphatic imine (C=N–C) groups is 1. The summed E-state index contributed by atoms with van der Waals surface area (Å²) in [4.78, 5) is 9.00. The predicted octanol–water partition coefficient (Wildman–Crippen LogP) is 2.56. The van der Waals surface area contributed by atoms with E-state index >= 15 is 0 Å². The van der Waals surface area contributed by atoms with Crippen molar-refractivity contribution < 1.29 is 0 Å². The van der Waals surface area contributed by atoms with Gasteiger partial charge in [-0.15, -0.1) is 30.6 Å². The van der Waals surface area contributed by atoms with Gasteiger partial charge in [-0.25, -0.2) is 0 Å². The average molecular weight is 394 g/mol. The summed E-state index contributed by atoms with van der Waals surface area (Å²) < 4.78 is 0. The Bertz CT molecular complexity index is 302. The standard InChI is InChI=1S/C15H30N4.HI/c1-6-7-8-11-18(4)15(16-3)17-12-13(2)19(5)14-9-10-14;/h6,13-14H,1,7-12H2,2-5H3,(H,16,17);1H. The molecular formula is C15H31IN4. The number of hydrogen-bond acceptors (Lipinski definition) is 2. The van der Waals surface area contributed by atoms with E-state index in [0.29, 0.717) is 6.04 Å². The van der Waals surface area contributed by atoms with Crippen LogP contribution in [0.2, 0.25) is 0 Å². The molecule has 0 aromatic carbocycles. The first-order chi connectivity index (χ1) is 9.10. The Balaban J connectivity index is 0.00000361. The summed E-state index contributed by atoms with van der Waals surface area (Å²) in [5.74, 6) is 0.986. The summed E-state index contributed by atoms with van der Waals surface area (Å²) in [6.45, 7) is 7.99. The second-order valence-corrected chi connectivity index (χ2v) is 5.53. The fraction of sp³-hybridized carbons (Fsp3) is 0.800. The number of guanidine groups is 1. The van der Waals surface area contributed by atoms with Crippen LogP contribution in [-0.2, 0) is 0 Å². The summed E-state index contributed by atoms with van der Waals surface area (Å²) in [5.41, 5.74) is 0. The first-order valence-electron chi connectivity index (χ1n) is 7.34. The second kappa shape index (κ2) is 10.4. The number of likely N-dealkylation sites (N-methyl/N-ethyl adjacent to an activating group) is 1. The minimum absolute atomic E-state index is 0. The third kappa shape index (κ3) is 6.92. The van der Waals surface area contributed by atoms with Crippen LogP contribution in [-0.4, -0.2) is 62.1 Å². The molecule has 4 nitrogen and oxygen atoms in total. The lowest BCUT2D eigenvalue weighted by atomic mass is 10.3. The number of nitrogens with zero attached hydrogens (tertiary/aromatic N) is 3. The highest BCUT2D eigenvalue weighted by Crippen LogP contribution is 2.26. The number of unbranched alkanes of at least 4 members (excludes halogenated alkanes) is 1. The third-order valence-electron chi connectivity index (χ3n) is 3.85. The molecule has 0 aliphatic heterocycles. The SMILES string of the molecule is C=CCCCN(C)C(=NC)NCC(C)N(C)C1CC1.I. The van der Waals surface area contributed by atoms with Gasteiger partial charge in [0.1, 0.15) is 0 Å².